The second-order valence-electron chi connectivity index (χ2n) is 8.23. The molecule has 5 nitrogen and oxygen atoms in total. The average molecular weight is 500 g/mol. The lowest BCUT2D eigenvalue weighted by Crippen LogP contribution is -2.35. The Labute approximate surface area is 204 Å². The lowest BCUT2D eigenvalue weighted by Gasteiger charge is -2.27. The summed E-state index contributed by atoms with van der Waals surface area (Å²) in [5, 5.41) is 0.893. The van der Waals surface area contributed by atoms with E-state index in [0.29, 0.717) is 21.6 Å². The van der Waals surface area contributed by atoms with Gasteiger partial charge in [-0.25, -0.2) is 4.98 Å². The molecule has 9 heteroatoms. The van der Waals surface area contributed by atoms with Gasteiger partial charge in [0.25, 0.3) is 11.5 Å². The van der Waals surface area contributed by atoms with Crippen molar-refractivity contribution in [3.8, 4) is 5.69 Å². The third-order valence-corrected chi connectivity index (χ3v) is 6.15. The molecule has 0 fully saturated rings. The predicted molar refractivity (Wildman–Crippen MR) is 129 cm³/mol. The zero-order valence-corrected chi connectivity index (χ0v) is 19.9. The average Bonchev–Trinajstić information content (AvgIpc) is 2.83. The highest BCUT2D eigenvalue weighted by atomic mass is 35.5. The van der Waals surface area contributed by atoms with Crippen LogP contribution < -0.4 is 5.56 Å². The van der Waals surface area contributed by atoms with Crippen LogP contribution in [0, 0.1) is 6.92 Å². The molecular weight excluding hydrogens is 479 g/mol. The molecule has 0 saturated carbocycles. The van der Waals surface area contributed by atoms with Gasteiger partial charge >= 0.3 is 6.18 Å². The first-order valence-corrected chi connectivity index (χ1v) is 11.1. The minimum atomic E-state index is -4.58. The van der Waals surface area contributed by atoms with E-state index in [9.17, 15) is 22.8 Å². The number of halogens is 4. The summed E-state index contributed by atoms with van der Waals surface area (Å²) < 4.78 is 40.9. The van der Waals surface area contributed by atoms with Crippen LogP contribution >= 0.6 is 11.6 Å². The van der Waals surface area contributed by atoms with Gasteiger partial charge in [-0.05, 0) is 67.9 Å². The maximum absolute atomic E-state index is 13.6. The topological polar surface area (TPSA) is 55.2 Å². The number of fused-ring (bicyclic) bond motifs is 1. The standard InChI is InChI=1S/C26H21ClF3N3O2/c1-15-13-19(27)11-12-22(15)33-23(31-21-10-5-4-9-20(21)25(33)35)16(2)32(3)24(34)17-7-6-8-18(14-17)26(28,29)30/h4-14,16H,1-3H3. The van der Waals surface area contributed by atoms with Crippen LogP contribution in [0.3, 0.4) is 0 Å². The molecule has 0 spiro atoms. The summed E-state index contributed by atoms with van der Waals surface area (Å²) in [6, 6.07) is 15.4. The molecule has 0 radical (unpaired) electrons. The molecule has 0 aliphatic carbocycles. The summed E-state index contributed by atoms with van der Waals surface area (Å²) in [6.07, 6.45) is -4.58. The number of rotatable bonds is 4. The van der Waals surface area contributed by atoms with Gasteiger partial charge < -0.3 is 4.90 Å². The molecule has 35 heavy (non-hydrogen) atoms. The fraction of sp³-hybridized carbons (Fsp3) is 0.192. The smallest absolute Gasteiger partial charge is 0.332 e. The Morgan fingerprint density at radius 1 is 1.06 bits per heavy atom. The highest BCUT2D eigenvalue weighted by Crippen LogP contribution is 2.31. The Kier molecular flexibility index (Phi) is 6.42. The van der Waals surface area contributed by atoms with Crippen molar-refractivity contribution < 1.29 is 18.0 Å². The van der Waals surface area contributed by atoms with E-state index in [4.69, 9.17) is 11.6 Å². The van der Waals surface area contributed by atoms with Gasteiger partial charge in [-0.3, -0.25) is 14.2 Å². The number of amides is 1. The first-order valence-electron chi connectivity index (χ1n) is 10.7. The highest BCUT2D eigenvalue weighted by molar-refractivity contribution is 6.30. The Morgan fingerprint density at radius 2 is 1.77 bits per heavy atom. The Bertz CT molecular complexity index is 1500. The molecule has 0 bridgehead atoms. The highest BCUT2D eigenvalue weighted by Gasteiger charge is 2.32. The van der Waals surface area contributed by atoms with E-state index in [1.54, 1.807) is 56.3 Å². The molecule has 0 aliphatic rings. The summed E-state index contributed by atoms with van der Waals surface area (Å²) in [4.78, 5) is 32.7. The van der Waals surface area contributed by atoms with Gasteiger partial charge in [0.05, 0.1) is 28.2 Å². The zero-order valence-electron chi connectivity index (χ0n) is 19.1. The predicted octanol–water partition coefficient (Wildman–Crippen LogP) is 6.20. The second kappa shape index (κ2) is 9.19. The van der Waals surface area contributed by atoms with Crippen molar-refractivity contribution in [2.24, 2.45) is 0 Å². The number of para-hydroxylation sites is 1. The van der Waals surface area contributed by atoms with E-state index in [0.717, 1.165) is 17.7 Å². The summed E-state index contributed by atoms with van der Waals surface area (Å²) >= 11 is 6.11. The molecule has 1 heterocycles. The van der Waals surface area contributed by atoms with E-state index in [2.05, 4.69) is 4.98 Å². The quantitative estimate of drug-likeness (QED) is 0.336. The van der Waals surface area contributed by atoms with Crippen molar-refractivity contribution in [3.05, 3.63) is 105 Å². The van der Waals surface area contributed by atoms with Gasteiger partial charge in [0, 0.05) is 17.6 Å². The molecule has 0 aliphatic heterocycles. The van der Waals surface area contributed by atoms with E-state index in [1.165, 1.54) is 28.6 Å². The molecule has 3 aromatic carbocycles. The Morgan fingerprint density at radius 3 is 2.46 bits per heavy atom. The van der Waals surface area contributed by atoms with E-state index < -0.39 is 23.7 Å². The van der Waals surface area contributed by atoms with Gasteiger partial charge in [-0.15, -0.1) is 0 Å². The van der Waals surface area contributed by atoms with Crippen LogP contribution in [0.5, 0.6) is 0 Å². The maximum atomic E-state index is 13.6. The normalized spacial score (nSPS) is 12.5. The van der Waals surface area contributed by atoms with Crippen LogP contribution in [0.15, 0.2) is 71.5 Å². The van der Waals surface area contributed by atoms with Crippen molar-refractivity contribution in [2.75, 3.05) is 7.05 Å². The van der Waals surface area contributed by atoms with Crippen molar-refractivity contribution in [1.29, 1.82) is 0 Å². The van der Waals surface area contributed by atoms with E-state index in [1.807, 2.05) is 0 Å². The summed E-state index contributed by atoms with van der Waals surface area (Å²) in [5.74, 6) is -0.368. The van der Waals surface area contributed by atoms with Gasteiger partial charge in [0.15, 0.2) is 0 Å². The molecule has 0 N–H and O–H groups in total. The molecule has 1 atom stereocenters. The number of carbonyl (C=O) groups excluding carboxylic acids is 1. The number of benzene rings is 3. The molecule has 1 amide bonds. The van der Waals surface area contributed by atoms with Crippen molar-refractivity contribution in [2.45, 2.75) is 26.1 Å². The first kappa shape index (κ1) is 24.5. The van der Waals surface area contributed by atoms with Crippen LogP contribution in [0.2, 0.25) is 5.02 Å². The molecule has 0 saturated heterocycles. The molecule has 1 unspecified atom stereocenters. The minimum Gasteiger partial charge on any atom is -0.332 e. The largest absolute Gasteiger partial charge is 0.416 e. The Hall–Kier alpha value is -3.65. The lowest BCUT2D eigenvalue weighted by molar-refractivity contribution is -0.137. The molecule has 4 aromatic rings. The molecule has 180 valence electrons. The van der Waals surface area contributed by atoms with Crippen molar-refractivity contribution >= 4 is 28.4 Å². The second-order valence-corrected chi connectivity index (χ2v) is 8.67. The monoisotopic (exact) mass is 499 g/mol. The van der Waals surface area contributed by atoms with Gasteiger partial charge in [0.2, 0.25) is 0 Å². The number of carbonyl (C=O) groups is 1. The third kappa shape index (κ3) is 4.66. The number of aryl methyl sites for hydroxylation is 1. The van der Waals surface area contributed by atoms with Crippen molar-refractivity contribution in [3.63, 3.8) is 0 Å². The summed E-state index contributed by atoms with van der Waals surface area (Å²) in [6.45, 7) is 3.47. The SMILES string of the molecule is Cc1cc(Cl)ccc1-n1c(C(C)N(C)C(=O)c2cccc(C(F)(F)F)c2)nc2ccccc2c1=O. The summed E-state index contributed by atoms with van der Waals surface area (Å²) in [5.41, 5.74) is 0.342. The van der Waals surface area contributed by atoms with E-state index >= 15 is 0 Å². The molecular formula is C26H21ClF3N3O2. The van der Waals surface area contributed by atoms with Crippen LogP contribution in [-0.4, -0.2) is 27.4 Å². The number of hydrogen-bond donors (Lipinski definition) is 0. The zero-order chi connectivity index (χ0) is 25.5. The Balaban J connectivity index is 1.86. The van der Waals surface area contributed by atoms with Crippen LogP contribution in [0.25, 0.3) is 16.6 Å². The lowest BCUT2D eigenvalue weighted by atomic mass is 10.1. The minimum absolute atomic E-state index is 0.119. The maximum Gasteiger partial charge on any atom is 0.416 e. The number of alkyl halides is 3. The fourth-order valence-electron chi connectivity index (χ4n) is 3.91. The third-order valence-electron chi connectivity index (χ3n) is 5.91. The molecule has 4 rings (SSSR count). The van der Waals surface area contributed by atoms with Crippen molar-refractivity contribution in [1.82, 2.24) is 14.5 Å². The van der Waals surface area contributed by atoms with Gasteiger partial charge in [-0.2, -0.15) is 13.2 Å². The number of aromatic nitrogens is 2. The molecule has 1 aromatic heterocycles. The first-order chi connectivity index (χ1) is 16.5. The number of nitrogens with zero attached hydrogens (tertiary/aromatic N) is 3. The fourth-order valence-corrected chi connectivity index (χ4v) is 4.14. The van der Waals surface area contributed by atoms with Gasteiger partial charge in [0.1, 0.15) is 5.82 Å². The van der Waals surface area contributed by atoms with Crippen LogP contribution in [0.1, 0.15) is 40.3 Å². The number of hydrogen-bond acceptors (Lipinski definition) is 3. The van der Waals surface area contributed by atoms with Crippen LogP contribution in [0.4, 0.5) is 13.2 Å². The van der Waals surface area contributed by atoms with E-state index in [-0.39, 0.29) is 16.9 Å². The van der Waals surface area contributed by atoms with Crippen LogP contribution in [-0.2, 0) is 6.18 Å². The summed E-state index contributed by atoms with van der Waals surface area (Å²) in [7, 11) is 1.47. The van der Waals surface area contributed by atoms with Gasteiger partial charge in [-0.1, -0.05) is 29.8 Å².